The van der Waals surface area contributed by atoms with Gasteiger partial charge in [0.15, 0.2) is 5.78 Å². The minimum Gasteiger partial charge on any atom is -0.467 e. The number of rotatable bonds is 9. The highest BCUT2D eigenvalue weighted by Crippen LogP contribution is 2.25. The summed E-state index contributed by atoms with van der Waals surface area (Å²) in [5.74, 6) is -0.607. The van der Waals surface area contributed by atoms with Crippen molar-refractivity contribution in [3.8, 4) is 0 Å². The van der Waals surface area contributed by atoms with Crippen LogP contribution in [0, 0.1) is 13.8 Å². The van der Waals surface area contributed by atoms with Crippen LogP contribution >= 0.6 is 11.6 Å². The number of ether oxygens (including phenoxy) is 1. The van der Waals surface area contributed by atoms with Crippen LogP contribution in [-0.4, -0.2) is 40.3 Å². The van der Waals surface area contributed by atoms with E-state index in [1.54, 1.807) is 61.7 Å². The van der Waals surface area contributed by atoms with Crippen molar-refractivity contribution in [2.45, 2.75) is 40.8 Å². The number of ketones is 1. The number of halogens is 1. The minimum absolute atomic E-state index is 0.0973. The van der Waals surface area contributed by atoms with Gasteiger partial charge < -0.3 is 18.6 Å². The van der Waals surface area contributed by atoms with Gasteiger partial charge in [-0.05, 0) is 57.5 Å². The van der Waals surface area contributed by atoms with Crippen LogP contribution in [0.5, 0.6) is 0 Å². The van der Waals surface area contributed by atoms with Crippen LogP contribution in [0.4, 0.5) is 0 Å². The number of hydrogen-bond donors (Lipinski definition) is 0. The zero-order valence-electron chi connectivity index (χ0n) is 19.2. The van der Waals surface area contributed by atoms with Crippen molar-refractivity contribution < 1.29 is 23.5 Å². The zero-order valence-corrected chi connectivity index (χ0v) is 19.9. The lowest BCUT2D eigenvalue weighted by molar-refractivity contribution is 0.0512. The molecule has 0 saturated heterocycles. The van der Waals surface area contributed by atoms with Crippen molar-refractivity contribution in [1.29, 1.82) is 0 Å². The number of esters is 1. The van der Waals surface area contributed by atoms with Gasteiger partial charge in [0.2, 0.25) is 0 Å². The molecular formula is C25H27ClN2O5. The van der Waals surface area contributed by atoms with Crippen molar-refractivity contribution in [2.24, 2.45) is 0 Å². The van der Waals surface area contributed by atoms with Crippen LogP contribution in [-0.2, 0) is 17.8 Å². The molecule has 0 N–H and O–H groups in total. The van der Waals surface area contributed by atoms with Crippen LogP contribution < -0.4 is 0 Å². The molecule has 0 aliphatic carbocycles. The molecule has 0 aliphatic rings. The molecule has 7 nitrogen and oxygen atoms in total. The zero-order chi connectivity index (χ0) is 24.1. The molecular weight excluding hydrogens is 444 g/mol. The van der Waals surface area contributed by atoms with Crippen molar-refractivity contribution in [2.75, 3.05) is 13.2 Å². The smallest absolute Gasteiger partial charge is 0.355 e. The van der Waals surface area contributed by atoms with Gasteiger partial charge in [0.05, 0.1) is 36.5 Å². The number of amides is 1. The molecule has 2 heterocycles. The van der Waals surface area contributed by atoms with Crippen LogP contribution in [0.1, 0.15) is 62.1 Å². The molecule has 0 radical (unpaired) electrons. The second-order valence-corrected chi connectivity index (χ2v) is 7.95. The summed E-state index contributed by atoms with van der Waals surface area (Å²) in [6.07, 6.45) is 1.51. The molecule has 1 amide bonds. The number of aromatic nitrogens is 1. The number of Topliss-reactive ketones (excluding diaryl/α,β-unsaturated/α-hetero) is 1. The number of benzene rings is 1. The van der Waals surface area contributed by atoms with Gasteiger partial charge in [-0.2, -0.15) is 0 Å². The molecule has 0 fully saturated rings. The fourth-order valence-corrected chi connectivity index (χ4v) is 4.23. The maximum atomic E-state index is 13.5. The predicted molar refractivity (Wildman–Crippen MR) is 125 cm³/mol. The fourth-order valence-electron chi connectivity index (χ4n) is 4.01. The van der Waals surface area contributed by atoms with E-state index in [0.29, 0.717) is 45.4 Å². The standard InChI is InChI=1S/C25H27ClN2O5/c1-5-28-17(4)22(16(3)23(28)25(31)32-6-2)21(29)15-27(14-18-10-9-13-33-18)24(30)19-11-7-8-12-20(19)26/h7-13H,5-6,14-15H2,1-4H3. The number of carbonyl (C=O) groups excluding carboxylic acids is 3. The Morgan fingerprint density at radius 1 is 1.09 bits per heavy atom. The van der Waals surface area contributed by atoms with Crippen LogP contribution in [0.25, 0.3) is 0 Å². The second-order valence-electron chi connectivity index (χ2n) is 7.54. The van der Waals surface area contributed by atoms with E-state index in [4.69, 9.17) is 20.8 Å². The molecule has 3 aromatic rings. The average Bonchev–Trinajstić information content (AvgIpc) is 3.38. The molecule has 1 aromatic carbocycles. The van der Waals surface area contributed by atoms with Crippen molar-refractivity contribution in [3.63, 3.8) is 0 Å². The molecule has 0 spiro atoms. The summed E-state index contributed by atoms with van der Waals surface area (Å²) in [7, 11) is 0. The minimum atomic E-state index is -0.474. The maximum absolute atomic E-state index is 13.5. The van der Waals surface area contributed by atoms with Gasteiger partial charge >= 0.3 is 5.97 Å². The van der Waals surface area contributed by atoms with E-state index in [9.17, 15) is 14.4 Å². The highest BCUT2D eigenvalue weighted by Gasteiger charge is 2.29. The van der Waals surface area contributed by atoms with E-state index < -0.39 is 5.97 Å². The summed E-state index contributed by atoms with van der Waals surface area (Å²) < 4.78 is 12.4. The first kappa shape index (κ1) is 24.3. The summed E-state index contributed by atoms with van der Waals surface area (Å²) in [4.78, 5) is 40.8. The van der Waals surface area contributed by atoms with E-state index in [0.717, 1.165) is 0 Å². The summed E-state index contributed by atoms with van der Waals surface area (Å²) >= 11 is 6.25. The first-order valence-electron chi connectivity index (χ1n) is 10.8. The largest absolute Gasteiger partial charge is 0.467 e. The molecule has 8 heteroatoms. The quantitative estimate of drug-likeness (QED) is 0.322. The first-order valence-corrected chi connectivity index (χ1v) is 11.1. The van der Waals surface area contributed by atoms with Crippen LogP contribution in [0.15, 0.2) is 47.1 Å². The van der Waals surface area contributed by atoms with Gasteiger partial charge in [-0.25, -0.2) is 4.79 Å². The summed E-state index contributed by atoms with van der Waals surface area (Å²) in [6.45, 7) is 7.78. The SMILES string of the molecule is CCOC(=O)c1c(C)c(C(=O)CN(Cc2ccco2)C(=O)c2ccccc2Cl)c(C)n1CC. The van der Waals surface area contributed by atoms with E-state index in [1.165, 1.54) is 11.2 Å². The Hall–Kier alpha value is -3.32. The molecule has 2 aromatic heterocycles. The van der Waals surface area contributed by atoms with Crippen LogP contribution in [0.2, 0.25) is 5.02 Å². The highest BCUT2D eigenvalue weighted by atomic mass is 35.5. The third kappa shape index (κ3) is 5.03. The van der Waals surface area contributed by atoms with Gasteiger partial charge in [0.25, 0.3) is 5.91 Å². The van der Waals surface area contributed by atoms with E-state index in [1.807, 2.05) is 6.92 Å². The van der Waals surface area contributed by atoms with Gasteiger partial charge in [0.1, 0.15) is 11.5 Å². The van der Waals surface area contributed by atoms with Gasteiger partial charge in [-0.3, -0.25) is 9.59 Å². The third-order valence-electron chi connectivity index (χ3n) is 5.48. The van der Waals surface area contributed by atoms with Gasteiger partial charge in [-0.1, -0.05) is 23.7 Å². The average molecular weight is 471 g/mol. The molecule has 0 unspecified atom stereocenters. The normalized spacial score (nSPS) is 10.8. The molecule has 0 aliphatic heterocycles. The van der Waals surface area contributed by atoms with Gasteiger partial charge in [0, 0.05) is 17.8 Å². The topological polar surface area (TPSA) is 81.8 Å². The Morgan fingerprint density at radius 3 is 2.42 bits per heavy atom. The lowest BCUT2D eigenvalue weighted by atomic mass is 10.0. The lowest BCUT2D eigenvalue weighted by Crippen LogP contribution is -2.35. The summed E-state index contributed by atoms with van der Waals surface area (Å²) in [5.41, 5.74) is 2.27. The highest BCUT2D eigenvalue weighted by molar-refractivity contribution is 6.33. The number of hydrogen-bond acceptors (Lipinski definition) is 5. The molecule has 33 heavy (non-hydrogen) atoms. The second kappa shape index (κ2) is 10.5. The Labute approximate surface area is 197 Å². The molecule has 0 saturated carbocycles. The Bertz CT molecular complexity index is 1160. The Kier molecular flexibility index (Phi) is 7.76. The van der Waals surface area contributed by atoms with Crippen LogP contribution in [0.3, 0.4) is 0 Å². The van der Waals surface area contributed by atoms with Crippen molar-refractivity contribution in [1.82, 2.24) is 9.47 Å². The first-order chi connectivity index (χ1) is 15.8. The molecule has 174 valence electrons. The monoisotopic (exact) mass is 470 g/mol. The predicted octanol–water partition coefficient (Wildman–Crippen LogP) is 5.07. The Morgan fingerprint density at radius 2 is 1.82 bits per heavy atom. The van der Waals surface area contributed by atoms with Crippen molar-refractivity contribution >= 4 is 29.3 Å². The van der Waals surface area contributed by atoms with E-state index in [2.05, 4.69) is 0 Å². The lowest BCUT2D eigenvalue weighted by Gasteiger charge is -2.22. The van der Waals surface area contributed by atoms with E-state index >= 15 is 0 Å². The van der Waals surface area contributed by atoms with Crippen molar-refractivity contribution in [3.05, 3.63) is 81.5 Å². The molecule has 0 bridgehead atoms. The van der Waals surface area contributed by atoms with Gasteiger partial charge in [-0.15, -0.1) is 0 Å². The number of nitrogens with zero attached hydrogens (tertiary/aromatic N) is 2. The van der Waals surface area contributed by atoms with E-state index in [-0.39, 0.29) is 31.4 Å². The summed E-state index contributed by atoms with van der Waals surface area (Å²) in [5, 5.41) is 0.300. The summed E-state index contributed by atoms with van der Waals surface area (Å²) in [6, 6.07) is 10.2. The number of carbonyl (C=O) groups is 3. The third-order valence-corrected chi connectivity index (χ3v) is 5.81. The molecule has 3 rings (SSSR count). The maximum Gasteiger partial charge on any atom is 0.355 e. The molecule has 0 atom stereocenters. The Balaban J connectivity index is 1.98. The fraction of sp³-hybridized carbons (Fsp3) is 0.320. The number of furan rings is 1.